The second kappa shape index (κ2) is 10.3. The second-order valence-corrected chi connectivity index (χ2v) is 11.9. The van der Waals surface area contributed by atoms with Crippen LogP contribution in [-0.2, 0) is 14.4 Å². The highest BCUT2D eigenvalue weighted by Crippen LogP contribution is 2.73. The van der Waals surface area contributed by atoms with Gasteiger partial charge in [-0.25, -0.2) is 0 Å². The van der Waals surface area contributed by atoms with Crippen LogP contribution in [0.5, 0.6) is 0 Å². The van der Waals surface area contributed by atoms with Gasteiger partial charge in [-0.1, -0.05) is 20.8 Å². The molecule has 4 fully saturated rings. The first-order valence-corrected chi connectivity index (χ1v) is 13.3. The Morgan fingerprint density at radius 2 is 0.839 bits per heavy atom. The van der Waals surface area contributed by atoms with Gasteiger partial charge in [0.2, 0.25) is 0 Å². The van der Waals surface area contributed by atoms with E-state index < -0.39 is 0 Å². The van der Waals surface area contributed by atoms with Crippen molar-refractivity contribution in [1.29, 1.82) is 0 Å². The van der Waals surface area contributed by atoms with Gasteiger partial charge < -0.3 is 0 Å². The average molecular weight is 431 g/mol. The molecule has 0 atom stereocenters. The monoisotopic (exact) mass is 430 g/mol. The quantitative estimate of drug-likeness (QED) is 0.272. The summed E-state index contributed by atoms with van der Waals surface area (Å²) in [6, 6.07) is 0. The lowest BCUT2D eigenvalue weighted by Crippen LogP contribution is -2.57. The molecule has 0 aromatic heterocycles. The summed E-state index contributed by atoms with van der Waals surface area (Å²) in [5, 5.41) is 0. The van der Waals surface area contributed by atoms with Gasteiger partial charge in [0.1, 0.15) is 17.3 Å². The lowest BCUT2D eigenvalue weighted by atomic mass is 9.37. The summed E-state index contributed by atoms with van der Waals surface area (Å²) < 4.78 is 0. The molecule has 0 aromatic carbocycles. The van der Waals surface area contributed by atoms with Crippen LogP contribution in [0, 0.1) is 22.2 Å². The van der Waals surface area contributed by atoms with Crippen LogP contribution in [0.15, 0.2) is 0 Å². The largest absolute Gasteiger partial charge is 0.300 e. The molecule has 4 rings (SSSR count). The molecule has 4 bridgehead atoms. The van der Waals surface area contributed by atoms with Gasteiger partial charge in [0.15, 0.2) is 0 Å². The minimum atomic E-state index is 0.282. The Labute approximate surface area is 190 Å². The van der Waals surface area contributed by atoms with E-state index in [4.69, 9.17) is 0 Å². The van der Waals surface area contributed by atoms with Gasteiger partial charge in [0.05, 0.1) is 0 Å². The van der Waals surface area contributed by atoms with Crippen LogP contribution in [0.25, 0.3) is 0 Å². The van der Waals surface area contributed by atoms with Crippen LogP contribution in [0.2, 0.25) is 0 Å². The van der Waals surface area contributed by atoms with Crippen LogP contribution < -0.4 is 0 Å². The maximum Gasteiger partial charge on any atom is 0.132 e. The molecule has 0 heterocycles. The Hall–Kier alpha value is -0.990. The smallest absolute Gasteiger partial charge is 0.132 e. The summed E-state index contributed by atoms with van der Waals surface area (Å²) in [7, 11) is 0. The minimum Gasteiger partial charge on any atom is -0.300 e. The van der Waals surface area contributed by atoms with Gasteiger partial charge in [-0.05, 0) is 99.2 Å². The zero-order valence-electron chi connectivity index (χ0n) is 20.5. The van der Waals surface area contributed by atoms with Gasteiger partial charge in [0.25, 0.3) is 0 Å². The highest BCUT2D eigenvalue weighted by molar-refractivity contribution is 5.79. The molecule has 4 saturated carbocycles. The summed E-state index contributed by atoms with van der Waals surface area (Å²) in [5.74, 6) is 2.02. The Kier molecular flexibility index (Phi) is 8.19. The maximum atomic E-state index is 12.4. The lowest BCUT2D eigenvalue weighted by Gasteiger charge is -2.67. The molecule has 31 heavy (non-hydrogen) atoms. The zero-order chi connectivity index (χ0) is 22.5. The Balaban J connectivity index is 1.77. The third kappa shape index (κ3) is 6.08. The number of rotatable bonds is 15. The van der Waals surface area contributed by atoms with Crippen molar-refractivity contribution in [3.8, 4) is 0 Å². The highest BCUT2D eigenvalue weighted by atomic mass is 16.1. The molecule has 0 saturated heterocycles. The molecule has 0 aliphatic heterocycles. The molecule has 0 unspecified atom stereocenters. The summed E-state index contributed by atoms with van der Waals surface area (Å²) in [5.41, 5.74) is 0.847. The third-order valence-electron chi connectivity index (χ3n) is 8.80. The first kappa shape index (κ1) is 24.6. The van der Waals surface area contributed by atoms with E-state index in [-0.39, 0.29) is 16.2 Å². The lowest BCUT2D eigenvalue weighted by molar-refractivity contribution is -0.171. The van der Waals surface area contributed by atoms with E-state index in [0.29, 0.717) is 36.6 Å². The molecule has 3 nitrogen and oxygen atoms in total. The SMILES string of the molecule is CCCC(=O)CCC12CC3CC(CCC(=O)CCC)(C1)CC(CCC(=O)CCC)(C3)C2. The van der Waals surface area contributed by atoms with Gasteiger partial charge >= 0.3 is 0 Å². The molecule has 176 valence electrons. The van der Waals surface area contributed by atoms with Crippen LogP contribution in [-0.4, -0.2) is 17.3 Å². The molecule has 0 radical (unpaired) electrons. The third-order valence-corrected chi connectivity index (χ3v) is 8.80. The maximum absolute atomic E-state index is 12.4. The predicted octanol–water partition coefficient (Wildman–Crippen LogP) is 7.39. The molecular formula is C28H46O3. The summed E-state index contributed by atoms with van der Waals surface area (Å²) >= 11 is 0. The fraction of sp³-hybridized carbons (Fsp3) is 0.893. The Morgan fingerprint density at radius 1 is 0.548 bits per heavy atom. The summed E-state index contributed by atoms with van der Waals surface area (Å²) in [6.45, 7) is 6.27. The summed E-state index contributed by atoms with van der Waals surface area (Å²) in [6.07, 6.45) is 17.8. The molecule has 0 N–H and O–H groups in total. The van der Waals surface area contributed by atoms with Crippen molar-refractivity contribution in [2.45, 2.75) is 136 Å². The molecule has 0 spiro atoms. The number of carbonyl (C=O) groups is 3. The summed E-state index contributed by atoms with van der Waals surface area (Å²) in [4.78, 5) is 37.1. The van der Waals surface area contributed by atoms with Crippen molar-refractivity contribution in [1.82, 2.24) is 0 Å². The first-order valence-electron chi connectivity index (χ1n) is 13.3. The van der Waals surface area contributed by atoms with Crippen LogP contribution in [0.1, 0.15) is 136 Å². The second-order valence-electron chi connectivity index (χ2n) is 11.9. The van der Waals surface area contributed by atoms with Crippen LogP contribution in [0.4, 0.5) is 0 Å². The van der Waals surface area contributed by atoms with Gasteiger partial charge in [0, 0.05) is 38.5 Å². The van der Waals surface area contributed by atoms with Crippen LogP contribution >= 0.6 is 0 Å². The van der Waals surface area contributed by atoms with Crippen molar-refractivity contribution in [3.63, 3.8) is 0 Å². The standard InChI is InChI=1S/C28H46O3/c1-4-7-23(29)10-13-26-16-22-17-27(19-26,14-11-24(30)8-5-2)21-28(18-22,20-26)15-12-25(31)9-6-3/h22H,4-21H2,1-3H3. The fourth-order valence-electron chi connectivity index (χ4n) is 8.32. The number of hydrogen-bond acceptors (Lipinski definition) is 3. The first-order chi connectivity index (χ1) is 14.8. The van der Waals surface area contributed by atoms with Gasteiger partial charge in [-0.15, -0.1) is 0 Å². The number of Topliss-reactive ketones (excluding diaryl/α,β-unsaturated/α-hetero) is 3. The van der Waals surface area contributed by atoms with E-state index >= 15 is 0 Å². The normalized spacial score (nSPS) is 33.6. The molecule has 0 aromatic rings. The molecular weight excluding hydrogens is 384 g/mol. The topological polar surface area (TPSA) is 51.2 Å². The zero-order valence-corrected chi connectivity index (χ0v) is 20.5. The number of carbonyl (C=O) groups excluding carboxylic acids is 3. The van der Waals surface area contributed by atoms with Crippen LogP contribution in [0.3, 0.4) is 0 Å². The van der Waals surface area contributed by atoms with E-state index in [1.165, 1.54) is 38.5 Å². The molecule has 4 aliphatic rings. The van der Waals surface area contributed by atoms with E-state index in [0.717, 1.165) is 63.7 Å². The number of ketones is 3. The van der Waals surface area contributed by atoms with E-state index in [2.05, 4.69) is 20.8 Å². The van der Waals surface area contributed by atoms with Crippen molar-refractivity contribution < 1.29 is 14.4 Å². The van der Waals surface area contributed by atoms with E-state index in [1.807, 2.05) is 0 Å². The van der Waals surface area contributed by atoms with E-state index in [1.54, 1.807) is 0 Å². The van der Waals surface area contributed by atoms with E-state index in [9.17, 15) is 14.4 Å². The van der Waals surface area contributed by atoms with Crippen molar-refractivity contribution in [2.75, 3.05) is 0 Å². The minimum absolute atomic E-state index is 0.282. The molecule has 4 aliphatic carbocycles. The Bertz CT molecular complexity index is 565. The van der Waals surface area contributed by atoms with Gasteiger partial charge in [-0.2, -0.15) is 0 Å². The van der Waals surface area contributed by atoms with Crippen molar-refractivity contribution in [2.24, 2.45) is 22.2 Å². The molecule has 3 heteroatoms. The predicted molar refractivity (Wildman–Crippen MR) is 126 cm³/mol. The molecule has 0 amide bonds. The Morgan fingerprint density at radius 3 is 1.10 bits per heavy atom. The van der Waals surface area contributed by atoms with Gasteiger partial charge in [-0.3, -0.25) is 14.4 Å². The highest BCUT2D eigenvalue weighted by Gasteiger charge is 2.62. The fourth-order valence-corrected chi connectivity index (χ4v) is 8.32. The number of hydrogen-bond donors (Lipinski definition) is 0. The van der Waals surface area contributed by atoms with Crippen molar-refractivity contribution in [3.05, 3.63) is 0 Å². The van der Waals surface area contributed by atoms with Crippen molar-refractivity contribution >= 4 is 17.3 Å². The average Bonchev–Trinajstić information content (AvgIpc) is 2.69.